The molecular formula is C9H15NO3. The van der Waals surface area contributed by atoms with Crippen LogP contribution in [-0.4, -0.2) is 23.5 Å². The zero-order chi connectivity index (χ0) is 9.84. The number of hydrogen-bond acceptors (Lipinski definition) is 2. The summed E-state index contributed by atoms with van der Waals surface area (Å²) < 4.78 is 0. The molecule has 2 unspecified atom stereocenters. The Kier molecular flexibility index (Phi) is 3.28. The monoisotopic (exact) mass is 185 g/mol. The molecule has 4 heteroatoms. The summed E-state index contributed by atoms with van der Waals surface area (Å²) in [5.74, 6) is -1.79. The fourth-order valence-electron chi connectivity index (χ4n) is 1.81. The summed E-state index contributed by atoms with van der Waals surface area (Å²) in [7, 11) is 0. The number of nitrogens with one attached hydrogen (secondary N) is 1. The van der Waals surface area contributed by atoms with E-state index >= 15 is 0 Å². The average molecular weight is 185 g/mol. The molecule has 13 heavy (non-hydrogen) atoms. The van der Waals surface area contributed by atoms with Gasteiger partial charge in [-0.2, -0.15) is 0 Å². The van der Waals surface area contributed by atoms with Crippen LogP contribution in [0.15, 0.2) is 0 Å². The number of carbonyl (C=O) groups excluding carboxylic acids is 1. The van der Waals surface area contributed by atoms with Crippen molar-refractivity contribution in [3.63, 3.8) is 0 Å². The van der Waals surface area contributed by atoms with Gasteiger partial charge in [-0.3, -0.25) is 9.59 Å². The maximum atomic E-state index is 11.3. The summed E-state index contributed by atoms with van der Waals surface area (Å²) in [6, 6.07) is 0. The van der Waals surface area contributed by atoms with E-state index in [1.165, 1.54) is 0 Å². The SMILES string of the molecule is CCC(C(=O)O)C1CCCNC1=O. The average Bonchev–Trinajstić information content (AvgIpc) is 2.09. The molecule has 4 nitrogen and oxygen atoms in total. The predicted molar refractivity (Wildman–Crippen MR) is 47.2 cm³/mol. The van der Waals surface area contributed by atoms with Gasteiger partial charge in [0.15, 0.2) is 0 Å². The highest BCUT2D eigenvalue weighted by molar-refractivity contribution is 5.85. The van der Waals surface area contributed by atoms with Crippen molar-refractivity contribution in [1.82, 2.24) is 5.32 Å². The van der Waals surface area contributed by atoms with Crippen LogP contribution in [0.25, 0.3) is 0 Å². The maximum Gasteiger partial charge on any atom is 0.307 e. The van der Waals surface area contributed by atoms with Gasteiger partial charge in [-0.25, -0.2) is 0 Å². The zero-order valence-corrected chi connectivity index (χ0v) is 7.75. The lowest BCUT2D eigenvalue weighted by Gasteiger charge is -2.26. The predicted octanol–water partition coefficient (Wildman–Crippen LogP) is 0.623. The molecule has 0 spiro atoms. The molecule has 2 N–H and O–H groups in total. The van der Waals surface area contributed by atoms with E-state index in [0.717, 1.165) is 6.42 Å². The lowest BCUT2D eigenvalue weighted by atomic mass is 9.84. The second-order valence-electron chi connectivity index (χ2n) is 3.39. The Balaban J connectivity index is 2.65. The first-order valence-electron chi connectivity index (χ1n) is 4.67. The highest BCUT2D eigenvalue weighted by Crippen LogP contribution is 2.23. The number of carbonyl (C=O) groups is 2. The Hall–Kier alpha value is -1.06. The second kappa shape index (κ2) is 4.25. The Morgan fingerprint density at radius 3 is 2.92 bits per heavy atom. The Morgan fingerprint density at radius 2 is 2.46 bits per heavy atom. The van der Waals surface area contributed by atoms with Gasteiger partial charge in [-0.15, -0.1) is 0 Å². The molecule has 0 aliphatic carbocycles. The molecule has 2 atom stereocenters. The van der Waals surface area contributed by atoms with Crippen LogP contribution in [0, 0.1) is 11.8 Å². The third kappa shape index (κ3) is 2.20. The van der Waals surface area contributed by atoms with E-state index in [1.54, 1.807) is 6.92 Å². The number of carboxylic acid groups (broad SMARTS) is 1. The highest BCUT2D eigenvalue weighted by atomic mass is 16.4. The van der Waals surface area contributed by atoms with Crippen LogP contribution in [0.5, 0.6) is 0 Å². The highest BCUT2D eigenvalue weighted by Gasteiger charge is 2.33. The quantitative estimate of drug-likeness (QED) is 0.677. The van der Waals surface area contributed by atoms with Crippen LogP contribution in [0.1, 0.15) is 26.2 Å². The van der Waals surface area contributed by atoms with Crippen molar-refractivity contribution >= 4 is 11.9 Å². The summed E-state index contributed by atoms with van der Waals surface area (Å²) in [6.07, 6.45) is 2.12. The minimum absolute atomic E-state index is 0.0968. The van der Waals surface area contributed by atoms with E-state index in [2.05, 4.69) is 5.32 Å². The lowest BCUT2D eigenvalue weighted by Crippen LogP contribution is -2.42. The van der Waals surface area contributed by atoms with Gasteiger partial charge < -0.3 is 10.4 Å². The molecule has 0 aromatic heterocycles. The number of piperidine rings is 1. The van der Waals surface area contributed by atoms with Gasteiger partial charge in [0, 0.05) is 6.54 Å². The van der Waals surface area contributed by atoms with Gasteiger partial charge >= 0.3 is 5.97 Å². The summed E-state index contributed by atoms with van der Waals surface area (Å²) in [5.41, 5.74) is 0. The van der Waals surface area contributed by atoms with Crippen molar-refractivity contribution in [2.45, 2.75) is 26.2 Å². The minimum atomic E-state index is -0.857. The summed E-state index contributed by atoms with van der Waals surface area (Å²) in [6.45, 7) is 2.49. The van der Waals surface area contributed by atoms with Crippen molar-refractivity contribution in [2.75, 3.05) is 6.54 Å². The third-order valence-electron chi connectivity index (χ3n) is 2.57. The van der Waals surface area contributed by atoms with E-state index in [0.29, 0.717) is 19.4 Å². The summed E-state index contributed by atoms with van der Waals surface area (Å²) in [4.78, 5) is 22.1. The van der Waals surface area contributed by atoms with Gasteiger partial charge in [0.25, 0.3) is 0 Å². The summed E-state index contributed by atoms with van der Waals surface area (Å²) in [5, 5.41) is 11.6. The fraction of sp³-hybridized carbons (Fsp3) is 0.778. The van der Waals surface area contributed by atoms with Crippen LogP contribution < -0.4 is 5.32 Å². The van der Waals surface area contributed by atoms with Crippen LogP contribution in [0.4, 0.5) is 0 Å². The van der Waals surface area contributed by atoms with Crippen molar-refractivity contribution in [2.24, 2.45) is 11.8 Å². The van der Waals surface area contributed by atoms with Crippen LogP contribution in [0.3, 0.4) is 0 Å². The van der Waals surface area contributed by atoms with Crippen molar-refractivity contribution in [1.29, 1.82) is 0 Å². The number of hydrogen-bond donors (Lipinski definition) is 2. The molecule has 1 fully saturated rings. The summed E-state index contributed by atoms with van der Waals surface area (Å²) >= 11 is 0. The normalized spacial score (nSPS) is 25.0. The van der Waals surface area contributed by atoms with Crippen LogP contribution >= 0.6 is 0 Å². The number of amides is 1. The minimum Gasteiger partial charge on any atom is -0.481 e. The molecule has 1 heterocycles. The number of rotatable bonds is 3. The fourth-order valence-corrected chi connectivity index (χ4v) is 1.81. The molecule has 1 saturated heterocycles. The standard InChI is InChI=1S/C9H15NO3/c1-2-6(9(12)13)7-4-3-5-10-8(7)11/h6-7H,2-5H2,1H3,(H,10,11)(H,12,13). The third-order valence-corrected chi connectivity index (χ3v) is 2.57. The molecule has 1 aliphatic heterocycles. The van der Waals surface area contributed by atoms with Crippen molar-refractivity contribution < 1.29 is 14.7 Å². The maximum absolute atomic E-state index is 11.3. The molecule has 0 aromatic rings. The molecule has 0 radical (unpaired) electrons. The van der Waals surface area contributed by atoms with Crippen molar-refractivity contribution in [3.8, 4) is 0 Å². The molecule has 74 valence electrons. The van der Waals surface area contributed by atoms with Crippen LogP contribution in [-0.2, 0) is 9.59 Å². The van der Waals surface area contributed by atoms with Gasteiger partial charge in [-0.1, -0.05) is 6.92 Å². The van der Waals surface area contributed by atoms with E-state index < -0.39 is 11.9 Å². The second-order valence-corrected chi connectivity index (χ2v) is 3.39. The first-order chi connectivity index (χ1) is 6.16. The van der Waals surface area contributed by atoms with Gasteiger partial charge in [0.1, 0.15) is 0 Å². The topological polar surface area (TPSA) is 66.4 Å². The molecule has 1 amide bonds. The van der Waals surface area contributed by atoms with Crippen LogP contribution in [0.2, 0.25) is 0 Å². The van der Waals surface area contributed by atoms with E-state index in [4.69, 9.17) is 5.11 Å². The Morgan fingerprint density at radius 1 is 1.77 bits per heavy atom. The first-order valence-corrected chi connectivity index (χ1v) is 4.67. The molecular weight excluding hydrogens is 170 g/mol. The van der Waals surface area contributed by atoms with E-state index in [9.17, 15) is 9.59 Å². The van der Waals surface area contributed by atoms with E-state index in [1.807, 2.05) is 0 Å². The molecule has 0 saturated carbocycles. The van der Waals surface area contributed by atoms with Crippen molar-refractivity contribution in [3.05, 3.63) is 0 Å². The molecule has 1 rings (SSSR count). The van der Waals surface area contributed by atoms with Gasteiger partial charge in [0.05, 0.1) is 11.8 Å². The Labute approximate surface area is 77.3 Å². The molecule has 0 aromatic carbocycles. The Bertz CT molecular complexity index is 215. The number of aliphatic carboxylic acids is 1. The largest absolute Gasteiger partial charge is 0.481 e. The zero-order valence-electron chi connectivity index (χ0n) is 7.75. The van der Waals surface area contributed by atoms with E-state index in [-0.39, 0.29) is 11.8 Å². The first kappa shape index (κ1) is 10.0. The smallest absolute Gasteiger partial charge is 0.307 e. The lowest BCUT2D eigenvalue weighted by molar-refractivity contribution is -0.148. The molecule has 0 bridgehead atoms. The van der Waals surface area contributed by atoms with Gasteiger partial charge in [0.2, 0.25) is 5.91 Å². The van der Waals surface area contributed by atoms with Gasteiger partial charge in [-0.05, 0) is 19.3 Å². The molecule has 1 aliphatic rings. The number of carboxylic acids is 1.